The molecule has 1 heterocycles. The van der Waals surface area contributed by atoms with E-state index in [1.165, 1.54) is 6.07 Å². The van der Waals surface area contributed by atoms with Crippen molar-refractivity contribution in [3.05, 3.63) is 29.1 Å². The van der Waals surface area contributed by atoms with Gasteiger partial charge in [-0.1, -0.05) is 0 Å². The maximum absolute atomic E-state index is 13.6. The molecule has 17 heavy (non-hydrogen) atoms. The standard InChI is InChI=1S/C12H16FN3O/c1-7-10(13)4-8(12(14)17)5-11(7)16-9-2-3-15-6-9/h4-5,9,15-16H,2-3,6H2,1H3,(H2,14,17). The van der Waals surface area contributed by atoms with Gasteiger partial charge in [0, 0.05) is 29.4 Å². The van der Waals surface area contributed by atoms with Crippen LogP contribution in [-0.2, 0) is 0 Å². The Bertz CT molecular complexity index is 442. The first-order chi connectivity index (χ1) is 8.08. The largest absolute Gasteiger partial charge is 0.381 e. The minimum atomic E-state index is -0.614. The van der Waals surface area contributed by atoms with Crippen molar-refractivity contribution in [3.63, 3.8) is 0 Å². The molecule has 1 amide bonds. The van der Waals surface area contributed by atoms with E-state index in [0.717, 1.165) is 19.5 Å². The van der Waals surface area contributed by atoms with Crippen LogP contribution in [0.4, 0.5) is 10.1 Å². The minimum Gasteiger partial charge on any atom is -0.381 e. The summed E-state index contributed by atoms with van der Waals surface area (Å²) in [6.07, 6.45) is 0.988. The molecular weight excluding hydrogens is 221 g/mol. The summed E-state index contributed by atoms with van der Waals surface area (Å²) >= 11 is 0. The predicted octanol–water partition coefficient (Wildman–Crippen LogP) is 1.01. The van der Waals surface area contributed by atoms with Gasteiger partial charge in [-0.3, -0.25) is 4.79 Å². The topological polar surface area (TPSA) is 67.2 Å². The van der Waals surface area contributed by atoms with Gasteiger partial charge >= 0.3 is 0 Å². The highest BCUT2D eigenvalue weighted by Crippen LogP contribution is 2.22. The van der Waals surface area contributed by atoms with Gasteiger partial charge in [-0.05, 0) is 32.0 Å². The van der Waals surface area contributed by atoms with Crippen molar-refractivity contribution < 1.29 is 9.18 Å². The lowest BCUT2D eigenvalue weighted by atomic mass is 10.1. The summed E-state index contributed by atoms with van der Waals surface area (Å²) < 4.78 is 13.6. The summed E-state index contributed by atoms with van der Waals surface area (Å²) in [5, 5.41) is 6.45. The van der Waals surface area contributed by atoms with Gasteiger partial charge in [-0.15, -0.1) is 0 Å². The van der Waals surface area contributed by atoms with Crippen LogP contribution in [0.3, 0.4) is 0 Å². The van der Waals surface area contributed by atoms with E-state index in [4.69, 9.17) is 5.73 Å². The highest BCUT2D eigenvalue weighted by atomic mass is 19.1. The van der Waals surface area contributed by atoms with Crippen LogP contribution in [0.2, 0.25) is 0 Å². The lowest BCUT2D eigenvalue weighted by molar-refractivity contribution is 0.1000. The molecule has 1 aromatic carbocycles. The van der Waals surface area contributed by atoms with Crippen LogP contribution in [0.1, 0.15) is 22.3 Å². The van der Waals surface area contributed by atoms with Gasteiger partial charge in [0.05, 0.1) is 0 Å². The average molecular weight is 237 g/mol. The van der Waals surface area contributed by atoms with Crippen molar-refractivity contribution in [3.8, 4) is 0 Å². The van der Waals surface area contributed by atoms with Crippen molar-refractivity contribution in [1.82, 2.24) is 5.32 Å². The fraction of sp³-hybridized carbons (Fsp3) is 0.417. The number of anilines is 1. The molecule has 92 valence electrons. The van der Waals surface area contributed by atoms with Gasteiger partial charge in [0.2, 0.25) is 5.91 Å². The smallest absolute Gasteiger partial charge is 0.248 e. The molecule has 0 bridgehead atoms. The first-order valence-electron chi connectivity index (χ1n) is 5.65. The number of carbonyl (C=O) groups excluding carboxylic acids is 1. The van der Waals surface area contributed by atoms with E-state index in [9.17, 15) is 9.18 Å². The van der Waals surface area contributed by atoms with Crippen LogP contribution >= 0.6 is 0 Å². The molecule has 0 aliphatic carbocycles. The summed E-state index contributed by atoms with van der Waals surface area (Å²) in [6.45, 7) is 3.49. The number of rotatable bonds is 3. The van der Waals surface area contributed by atoms with Crippen LogP contribution < -0.4 is 16.4 Å². The monoisotopic (exact) mass is 237 g/mol. The molecule has 1 aromatic rings. The molecule has 0 radical (unpaired) electrons. The molecule has 0 spiro atoms. The van der Waals surface area contributed by atoms with E-state index in [1.807, 2.05) is 0 Å². The van der Waals surface area contributed by atoms with Gasteiger partial charge in [0.1, 0.15) is 5.82 Å². The zero-order chi connectivity index (χ0) is 12.4. The van der Waals surface area contributed by atoms with Crippen molar-refractivity contribution in [2.24, 2.45) is 5.73 Å². The molecule has 1 fully saturated rings. The van der Waals surface area contributed by atoms with Gasteiger partial charge in [0.15, 0.2) is 0 Å². The average Bonchev–Trinajstić information content (AvgIpc) is 2.77. The molecule has 1 saturated heterocycles. The maximum Gasteiger partial charge on any atom is 0.248 e. The summed E-state index contributed by atoms with van der Waals surface area (Å²) in [5.41, 5.74) is 6.52. The van der Waals surface area contributed by atoms with E-state index >= 15 is 0 Å². The van der Waals surface area contributed by atoms with Crippen molar-refractivity contribution in [2.75, 3.05) is 18.4 Å². The quantitative estimate of drug-likeness (QED) is 0.735. The van der Waals surface area contributed by atoms with Gasteiger partial charge in [-0.2, -0.15) is 0 Å². The number of benzene rings is 1. The summed E-state index contributed by atoms with van der Waals surface area (Å²) in [6, 6.07) is 3.06. The summed E-state index contributed by atoms with van der Waals surface area (Å²) in [7, 11) is 0. The second kappa shape index (κ2) is 4.71. The zero-order valence-electron chi connectivity index (χ0n) is 9.72. The third-order valence-electron chi connectivity index (χ3n) is 3.05. The maximum atomic E-state index is 13.6. The van der Waals surface area contributed by atoms with Crippen LogP contribution in [0.5, 0.6) is 0 Å². The van der Waals surface area contributed by atoms with Crippen molar-refractivity contribution in [1.29, 1.82) is 0 Å². The number of amides is 1. The molecule has 0 aromatic heterocycles. The molecule has 5 heteroatoms. The molecule has 2 rings (SSSR count). The summed E-state index contributed by atoms with van der Waals surface area (Å²) in [5.74, 6) is -1.02. The molecule has 0 saturated carbocycles. The van der Waals surface area contributed by atoms with Crippen LogP contribution in [0, 0.1) is 12.7 Å². The number of hydrogen-bond acceptors (Lipinski definition) is 3. The normalized spacial score (nSPS) is 19.3. The Labute approximate surface area is 99.4 Å². The number of primary amides is 1. The minimum absolute atomic E-state index is 0.196. The lowest BCUT2D eigenvalue weighted by Crippen LogP contribution is -2.23. The Morgan fingerprint density at radius 3 is 2.94 bits per heavy atom. The van der Waals surface area contributed by atoms with Gasteiger partial charge < -0.3 is 16.4 Å². The van der Waals surface area contributed by atoms with Crippen LogP contribution in [0.15, 0.2) is 12.1 Å². The molecule has 1 aliphatic rings. The highest BCUT2D eigenvalue weighted by Gasteiger charge is 2.17. The molecule has 1 aliphatic heterocycles. The van der Waals surface area contributed by atoms with E-state index in [1.54, 1.807) is 13.0 Å². The molecule has 1 unspecified atom stereocenters. The van der Waals surface area contributed by atoms with Gasteiger partial charge in [0.25, 0.3) is 0 Å². The van der Waals surface area contributed by atoms with Crippen LogP contribution in [-0.4, -0.2) is 25.0 Å². The molecule has 1 atom stereocenters. The Morgan fingerprint density at radius 2 is 2.35 bits per heavy atom. The molecule has 4 N–H and O–H groups in total. The summed E-state index contributed by atoms with van der Waals surface area (Å²) in [4.78, 5) is 11.1. The van der Waals surface area contributed by atoms with Crippen molar-refractivity contribution in [2.45, 2.75) is 19.4 Å². The first-order valence-corrected chi connectivity index (χ1v) is 5.65. The number of halogens is 1. The van der Waals surface area contributed by atoms with Gasteiger partial charge in [-0.25, -0.2) is 4.39 Å². The number of carbonyl (C=O) groups is 1. The fourth-order valence-corrected chi connectivity index (χ4v) is 1.97. The van der Waals surface area contributed by atoms with Crippen LogP contribution in [0.25, 0.3) is 0 Å². The Kier molecular flexibility index (Phi) is 3.28. The molecular formula is C12H16FN3O. The van der Waals surface area contributed by atoms with Crippen molar-refractivity contribution >= 4 is 11.6 Å². The third kappa shape index (κ3) is 2.55. The number of hydrogen-bond donors (Lipinski definition) is 3. The lowest BCUT2D eigenvalue weighted by Gasteiger charge is -2.16. The van der Waals surface area contributed by atoms with E-state index in [0.29, 0.717) is 11.3 Å². The number of nitrogens with one attached hydrogen (secondary N) is 2. The second-order valence-electron chi connectivity index (χ2n) is 4.33. The highest BCUT2D eigenvalue weighted by molar-refractivity contribution is 5.94. The Hall–Kier alpha value is -1.62. The number of nitrogens with two attached hydrogens (primary N) is 1. The second-order valence-corrected chi connectivity index (χ2v) is 4.33. The third-order valence-corrected chi connectivity index (χ3v) is 3.05. The Morgan fingerprint density at radius 1 is 1.59 bits per heavy atom. The fourth-order valence-electron chi connectivity index (χ4n) is 1.97. The van der Waals surface area contributed by atoms with E-state index in [-0.39, 0.29) is 11.6 Å². The predicted molar refractivity (Wildman–Crippen MR) is 64.6 cm³/mol. The first kappa shape index (κ1) is 11.9. The Balaban J connectivity index is 2.27. The van der Waals surface area contributed by atoms with E-state index < -0.39 is 11.7 Å². The molecule has 4 nitrogen and oxygen atoms in total. The van der Waals surface area contributed by atoms with E-state index in [2.05, 4.69) is 10.6 Å². The zero-order valence-corrected chi connectivity index (χ0v) is 9.72. The SMILES string of the molecule is Cc1c(F)cc(C(N)=O)cc1NC1CCNC1.